The van der Waals surface area contributed by atoms with Crippen LogP contribution in [-0.4, -0.2) is 35.3 Å². The molecule has 0 aliphatic carbocycles. The molecule has 5 rings (SSSR count). The normalized spacial score (nSPS) is 12.8. The Morgan fingerprint density at radius 1 is 0.936 bits per heavy atom. The maximum Gasteiger partial charge on any atom is 0.316 e. The number of aliphatic hydroxyl groups is 1. The van der Waals surface area contributed by atoms with Gasteiger partial charge in [-0.15, -0.1) is 0 Å². The summed E-state index contributed by atoms with van der Waals surface area (Å²) in [6.07, 6.45) is -0.343. The first-order chi connectivity index (χ1) is 22.6. The largest absolute Gasteiger partial charge is 0.487 e. The van der Waals surface area contributed by atoms with Crippen molar-refractivity contribution in [3.05, 3.63) is 136 Å². The van der Waals surface area contributed by atoms with E-state index in [2.05, 4.69) is 15.6 Å². The van der Waals surface area contributed by atoms with Crippen LogP contribution in [0, 0.1) is 0 Å². The molecule has 9 nitrogen and oxygen atoms in total. The molecule has 2 atom stereocenters. The first-order valence-corrected chi connectivity index (χ1v) is 15.1. The second-order valence-electron chi connectivity index (χ2n) is 11.3. The van der Waals surface area contributed by atoms with E-state index in [9.17, 15) is 23.5 Å². The highest BCUT2D eigenvalue weighted by atomic mass is 19.3. The third-order valence-electron chi connectivity index (χ3n) is 7.56. The zero-order valence-electron chi connectivity index (χ0n) is 25.7. The van der Waals surface area contributed by atoms with Gasteiger partial charge in [0.1, 0.15) is 18.1 Å². The minimum absolute atomic E-state index is 0.0820. The zero-order chi connectivity index (χ0) is 33.4. The van der Waals surface area contributed by atoms with E-state index in [1.807, 2.05) is 43.3 Å². The minimum Gasteiger partial charge on any atom is -0.487 e. The summed E-state index contributed by atoms with van der Waals surface area (Å²) >= 11 is 0. The highest BCUT2D eigenvalue weighted by molar-refractivity contribution is 5.88. The number of carbonyl (C=O) groups excluding carboxylic acids is 1. The van der Waals surface area contributed by atoms with Gasteiger partial charge in [0.2, 0.25) is 5.56 Å². The van der Waals surface area contributed by atoms with E-state index in [1.165, 1.54) is 24.3 Å². The predicted octanol–water partition coefficient (Wildman–Crippen LogP) is 6.02. The fourth-order valence-electron chi connectivity index (χ4n) is 5.23. The number of nitrogens with two attached hydrogens (primary N) is 1. The topological polar surface area (TPSA) is 139 Å². The SMILES string of the molecule is C[C@@H](Cc1cccc(OCC(F)(F)c2cccc(NC(N)=O)c2)c1)NC[C@H](O)c1ccc(OCc2ccccc2)c2[nH]c(=O)ccc12. The van der Waals surface area contributed by atoms with Crippen LogP contribution in [0.4, 0.5) is 19.3 Å². The second-order valence-corrected chi connectivity index (χ2v) is 11.3. The van der Waals surface area contributed by atoms with E-state index >= 15 is 0 Å². The van der Waals surface area contributed by atoms with Crippen molar-refractivity contribution < 1.29 is 28.2 Å². The number of halogens is 2. The van der Waals surface area contributed by atoms with Crippen molar-refractivity contribution in [3.8, 4) is 11.5 Å². The van der Waals surface area contributed by atoms with Crippen molar-refractivity contribution in [1.82, 2.24) is 10.3 Å². The molecule has 2 amide bonds. The highest BCUT2D eigenvalue weighted by Gasteiger charge is 2.33. The van der Waals surface area contributed by atoms with Crippen LogP contribution in [0.1, 0.15) is 35.3 Å². The summed E-state index contributed by atoms with van der Waals surface area (Å²) in [6, 6.07) is 27.6. The molecule has 0 fully saturated rings. The molecular formula is C36H36F2N4O5. The van der Waals surface area contributed by atoms with Gasteiger partial charge in [-0.3, -0.25) is 4.79 Å². The number of rotatable bonds is 14. The Morgan fingerprint density at radius 2 is 1.70 bits per heavy atom. The predicted molar refractivity (Wildman–Crippen MR) is 177 cm³/mol. The lowest BCUT2D eigenvalue weighted by atomic mass is 10.0. The summed E-state index contributed by atoms with van der Waals surface area (Å²) in [5.74, 6) is -2.53. The van der Waals surface area contributed by atoms with E-state index < -0.39 is 24.7 Å². The van der Waals surface area contributed by atoms with Crippen molar-refractivity contribution in [1.29, 1.82) is 0 Å². The Balaban J connectivity index is 1.18. The van der Waals surface area contributed by atoms with E-state index in [-0.39, 0.29) is 35.1 Å². The van der Waals surface area contributed by atoms with Gasteiger partial charge >= 0.3 is 12.0 Å². The van der Waals surface area contributed by atoms with Crippen LogP contribution in [0.5, 0.6) is 11.5 Å². The second kappa shape index (κ2) is 14.9. The summed E-state index contributed by atoms with van der Waals surface area (Å²) in [7, 11) is 0. The van der Waals surface area contributed by atoms with Gasteiger partial charge in [0, 0.05) is 35.3 Å². The number of anilines is 1. The Labute approximate surface area is 270 Å². The van der Waals surface area contributed by atoms with Gasteiger partial charge in [-0.05, 0) is 66.4 Å². The molecule has 11 heteroatoms. The molecule has 0 bridgehead atoms. The number of fused-ring (bicyclic) bond motifs is 1. The molecule has 0 saturated carbocycles. The molecule has 0 aliphatic heterocycles. The lowest BCUT2D eigenvalue weighted by molar-refractivity contribution is -0.0467. The van der Waals surface area contributed by atoms with Crippen molar-refractivity contribution in [2.75, 3.05) is 18.5 Å². The molecule has 6 N–H and O–H groups in total. The monoisotopic (exact) mass is 642 g/mol. The standard InChI is InChI=1S/C36H36F2N4O5/c1-23(17-25-9-5-12-28(18-25)47-22-36(37,38)26-10-6-11-27(19-26)41-35(39)45)40-20-31(43)29-13-15-32(34-30(29)14-16-33(44)42-34)46-21-24-7-3-2-4-8-24/h2-16,18-19,23,31,40,43H,17,20-22H2,1H3,(H,42,44)(H3,39,41,45)/t23-,31-/m0/s1. The van der Waals surface area contributed by atoms with Gasteiger partial charge in [-0.2, -0.15) is 8.78 Å². The van der Waals surface area contributed by atoms with Gasteiger partial charge in [-0.25, -0.2) is 4.79 Å². The number of aromatic amines is 1. The quantitative estimate of drug-likeness (QED) is 0.100. The number of carbonyl (C=O) groups is 1. The summed E-state index contributed by atoms with van der Waals surface area (Å²) < 4.78 is 41.3. The number of H-pyrrole nitrogens is 1. The average molecular weight is 643 g/mol. The Morgan fingerprint density at radius 3 is 2.49 bits per heavy atom. The summed E-state index contributed by atoms with van der Waals surface area (Å²) in [5, 5.41) is 17.4. The first-order valence-electron chi connectivity index (χ1n) is 15.1. The Bertz CT molecular complexity index is 1880. The van der Waals surface area contributed by atoms with Crippen molar-refractivity contribution in [2.45, 2.75) is 38.0 Å². The van der Waals surface area contributed by atoms with E-state index in [4.69, 9.17) is 15.2 Å². The van der Waals surface area contributed by atoms with Crippen molar-refractivity contribution in [3.63, 3.8) is 0 Å². The van der Waals surface area contributed by atoms with Crippen LogP contribution in [-0.2, 0) is 19.0 Å². The number of nitrogens with one attached hydrogen (secondary N) is 3. The number of aromatic nitrogens is 1. The van der Waals surface area contributed by atoms with Gasteiger partial charge < -0.3 is 35.9 Å². The summed E-state index contributed by atoms with van der Waals surface area (Å²) in [4.78, 5) is 26.1. The number of ether oxygens (including phenoxy) is 2. The fraction of sp³-hybridized carbons (Fsp3) is 0.222. The number of benzene rings is 4. The van der Waals surface area contributed by atoms with Gasteiger partial charge in [0.15, 0.2) is 6.61 Å². The molecule has 47 heavy (non-hydrogen) atoms. The minimum atomic E-state index is -3.32. The average Bonchev–Trinajstić information content (AvgIpc) is 3.05. The van der Waals surface area contributed by atoms with Crippen LogP contribution in [0.3, 0.4) is 0 Å². The van der Waals surface area contributed by atoms with Crippen LogP contribution in [0.25, 0.3) is 10.9 Å². The number of hydrogen-bond acceptors (Lipinski definition) is 6. The first kappa shape index (κ1) is 33.1. The summed E-state index contributed by atoms with van der Waals surface area (Å²) in [5.41, 5.74) is 7.65. The molecule has 0 spiro atoms. The van der Waals surface area contributed by atoms with Crippen molar-refractivity contribution >= 4 is 22.6 Å². The third-order valence-corrected chi connectivity index (χ3v) is 7.56. The molecule has 0 radical (unpaired) electrons. The van der Waals surface area contributed by atoms with E-state index in [0.717, 1.165) is 17.2 Å². The van der Waals surface area contributed by atoms with E-state index in [1.54, 1.807) is 36.4 Å². The number of urea groups is 1. The van der Waals surface area contributed by atoms with Gasteiger partial charge in [0.05, 0.1) is 11.6 Å². The van der Waals surface area contributed by atoms with Crippen LogP contribution in [0.2, 0.25) is 0 Å². The third kappa shape index (κ3) is 8.93. The molecule has 0 unspecified atom stereocenters. The van der Waals surface area contributed by atoms with Gasteiger partial charge in [-0.1, -0.05) is 60.7 Å². The highest BCUT2D eigenvalue weighted by Crippen LogP contribution is 2.32. The zero-order valence-corrected chi connectivity index (χ0v) is 25.7. The van der Waals surface area contributed by atoms with Gasteiger partial charge in [0.25, 0.3) is 0 Å². The molecular weight excluding hydrogens is 606 g/mol. The number of hydrogen-bond donors (Lipinski definition) is 5. The maximum atomic E-state index is 14.9. The molecule has 1 heterocycles. The van der Waals surface area contributed by atoms with Crippen LogP contribution >= 0.6 is 0 Å². The fourth-order valence-corrected chi connectivity index (χ4v) is 5.23. The van der Waals surface area contributed by atoms with Crippen LogP contribution < -0.4 is 31.4 Å². The molecule has 1 aromatic heterocycles. The van der Waals surface area contributed by atoms with Crippen molar-refractivity contribution in [2.24, 2.45) is 5.73 Å². The maximum absolute atomic E-state index is 14.9. The smallest absolute Gasteiger partial charge is 0.316 e. The lowest BCUT2D eigenvalue weighted by Crippen LogP contribution is -2.32. The Hall–Kier alpha value is -5.26. The number of pyridine rings is 1. The number of aliphatic hydroxyl groups excluding tert-OH is 1. The number of alkyl halides is 2. The summed E-state index contributed by atoms with van der Waals surface area (Å²) in [6.45, 7) is 1.61. The van der Waals surface area contributed by atoms with Crippen LogP contribution in [0.15, 0.2) is 108 Å². The lowest BCUT2D eigenvalue weighted by Gasteiger charge is -2.20. The molecule has 0 saturated heterocycles. The number of amides is 2. The number of primary amides is 1. The molecule has 0 aliphatic rings. The Kier molecular flexibility index (Phi) is 10.5. The molecule has 244 valence electrons. The molecule has 5 aromatic rings. The molecule has 4 aromatic carbocycles. The van der Waals surface area contributed by atoms with E-state index in [0.29, 0.717) is 35.2 Å².